The Balaban J connectivity index is 1.69. The van der Waals surface area contributed by atoms with Gasteiger partial charge in [0.1, 0.15) is 85.2 Å². The summed E-state index contributed by atoms with van der Waals surface area (Å²) in [6.45, 7) is -3.40. The molecule has 4 rings (SSSR count). The average Bonchev–Trinajstić information content (AvgIpc) is 3.31. The molecule has 3 aliphatic heterocycles. The van der Waals surface area contributed by atoms with Gasteiger partial charge in [0.15, 0.2) is 6.29 Å². The van der Waals surface area contributed by atoms with Crippen molar-refractivity contribution in [3.05, 3.63) is 24.4 Å². The van der Waals surface area contributed by atoms with E-state index in [1.54, 1.807) is 12.1 Å². The lowest BCUT2D eigenvalue weighted by Crippen LogP contribution is -2.71. The zero-order chi connectivity index (χ0) is 51.7. The van der Waals surface area contributed by atoms with Crippen LogP contribution in [0, 0.1) is 0 Å². The number of carbonyl (C=O) groups excluding carboxylic acids is 2. The van der Waals surface area contributed by atoms with Gasteiger partial charge in [-0.2, -0.15) is 0 Å². The summed E-state index contributed by atoms with van der Waals surface area (Å²) in [5.41, 5.74) is 0. The number of aliphatic hydroxyl groups is 14. The van der Waals surface area contributed by atoms with Crippen molar-refractivity contribution in [3.63, 3.8) is 0 Å². The van der Waals surface area contributed by atoms with Crippen LogP contribution in [0.3, 0.4) is 0 Å². The zero-order valence-electron chi connectivity index (χ0n) is 36.9. The van der Waals surface area contributed by atoms with Crippen LogP contribution in [0.15, 0.2) is 24.4 Å². The molecule has 19 N–H and O–H groups in total. The summed E-state index contributed by atoms with van der Waals surface area (Å²) in [4.78, 5) is 54.6. The van der Waals surface area contributed by atoms with Crippen LogP contribution in [0.25, 0.3) is 0 Å². The molecule has 30 heteroatoms. The Morgan fingerprint density at radius 2 is 1.30 bits per heavy atom. The molecule has 0 saturated carbocycles. The molecule has 1 aromatic heterocycles. The Bertz CT molecular complexity index is 1830. The van der Waals surface area contributed by atoms with E-state index >= 15 is 0 Å². The van der Waals surface area contributed by atoms with Crippen LogP contribution in [0.5, 0.6) is 0 Å². The molecule has 3 fully saturated rings. The fourth-order valence-electron chi connectivity index (χ4n) is 8.04. The second kappa shape index (κ2) is 24.9. The van der Waals surface area contributed by atoms with Crippen molar-refractivity contribution in [2.75, 3.05) is 38.3 Å². The molecule has 21 atom stereocenters. The highest BCUT2D eigenvalue weighted by atomic mass is 16.8. The lowest BCUT2D eigenvalue weighted by molar-refractivity contribution is -0.380. The minimum Gasteiger partial charge on any atom is -0.477 e. The number of nitrogens with one attached hydrogen (secondary N) is 3. The summed E-state index contributed by atoms with van der Waals surface area (Å²) < 4.78 is 33.6. The summed E-state index contributed by atoms with van der Waals surface area (Å²) in [6.07, 6.45) is -38.2. The molecule has 30 nitrogen and oxygen atoms in total. The largest absolute Gasteiger partial charge is 0.477 e. The lowest BCUT2D eigenvalue weighted by Gasteiger charge is -2.51. The Morgan fingerprint density at radius 3 is 1.80 bits per heavy atom. The maximum atomic E-state index is 13.3. The predicted molar refractivity (Wildman–Crippen MR) is 219 cm³/mol. The van der Waals surface area contributed by atoms with E-state index in [0.29, 0.717) is 0 Å². The number of hydrogen-bond donors (Lipinski definition) is 19. The van der Waals surface area contributed by atoms with E-state index in [9.17, 15) is 101 Å². The Kier molecular flexibility index (Phi) is 20.8. The third-order valence-electron chi connectivity index (χ3n) is 11.6. The molecule has 1 aromatic rings. The zero-order valence-corrected chi connectivity index (χ0v) is 36.9. The van der Waals surface area contributed by atoms with Crippen LogP contribution in [0.1, 0.15) is 26.7 Å². The quantitative estimate of drug-likeness (QED) is 0.0457. The van der Waals surface area contributed by atoms with Gasteiger partial charge in [0.25, 0.3) is 11.6 Å². The number of carboxylic acid groups (broad SMARTS) is 2. The molecule has 0 aliphatic carbocycles. The summed E-state index contributed by atoms with van der Waals surface area (Å²) in [5, 5.41) is 179. The van der Waals surface area contributed by atoms with Crippen molar-refractivity contribution in [1.29, 1.82) is 0 Å². The first-order chi connectivity index (χ1) is 32.4. The maximum absolute atomic E-state index is 13.3. The highest BCUT2D eigenvalue weighted by Crippen LogP contribution is 2.40. The van der Waals surface area contributed by atoms with E-state index < -0.39 is 197 Å². The van der Waals surface area contributed by atoms with E-state index in [4.69, 9.17) is 28.4 Å². The number of rotatable bonds is 24. The number of pyridine rings is 1. The third-order valence-corrected chi connectivity index (χ3v) is 11.6. The van der Waals surface area contributed by atoms with E-state index in [-0.39, 0.29) is 5.82 Å². The summed E-state index contributed by atoms with van der Waals surface area (Å²) in [7, 11) is 0. The van der Waals surface area contributed by atoms with Gasteiger partial charge in [-0.25, -0.2) is 14.6 Å². The fourth-order valence-corrected chi connectivity index (χ4v) is 8.04. The molecule has 0 radical (unpaired) electrons. The first-order valence-corrected chi connectivity index (χ1v) is 21.3. The predicted octanol–water partition coefficient (Wildman–Crippen LogP) is -9.90. The van der Waals surface area contributed by atoms with Gasteiger partial charge in [-0.15, -0.1) is 0 Å². The molecule has 69 heavy (non-hydrogen) atoms. The average molecular weight is 1000 g/mol. The standard InChI is InChI=1S/C39H62N4O26/c1-14(48)42-24-16(50)7-38(36(60)61,67-32(24)27(56)19(53)10-44)66-22(13-47)29(58)33-25(43-15(2)49)17(51)8-39(68-33,37(62)63)69-34-28(57)21(12-46)64-35(30(34)59)65-31(20(54)11-45)26(55)18(52)9-41-23-5-3-4-6-40-23/h3-6,16-22,24-35,44-47,50-59H,7-13H2,1-2H3,(H,40,41)(H,42,48)(H,43,49)(H,60,61)(H,62,63)/t16-,17-,18-,19+,20+,21+,22+,24+,25+,26+,27+,28-,29+,30+,31+,32+,33+,34-,35-,38+,39-/m0/s1. The molecular formula is C39H62N4O26. The topological polar surface area (TPSA) is 496 Å². The first-order valence-electron chi connectivity index (χ1n) is 21.3. The molecule has 394 valence electrons. The van der Waals surface area contributed by atoms with Crippen molar-refractivity contribution >= 4 is 29.6 Å². The molecule has 3 saturated heterocycles. The molecule has 0 unspecified atom stereocenters. The van der Waals surface area contributed by atoms with Crippen LogP contribution < -0.4 is 16.0 Å². The Morgan fingerprint density at radius 1 is 0.754 bits per heavy atom. The SMILES string of the molecule is CC(=O)N[C@H]1[C@H]([C@H](O)[C@H](O)CO)O[C@@](O[C@H](CO)[C@@H](O)[C@@H]2O[C@@](O[C@H]3[C@@H](O)[C@@H](CO)O[C@@H](O[C@@H]([C@H](O)[C@@H](O)CNc4ccccn4)[C@H](O)CO)[C@@H]3O)(C(=O)O)C[C@H](O)[C@H]2NC(C)=O)(C(=O)O)C[C@@H]1O. The summed E-state index contributed by atoms with van der Waals surface area (Å²) in [5.74, 6) is -12.4. The number of nitrogens with zero attached hydrogens (tertiary/aromatic N) is 1. The van der Waals surface area contributed by atoms with Crippen molar-refractivity contribution in [2.45, 2.75) is 154 Å². The summed E-state index contributed by atoms with van der Waals surface area (Å²) >= 11 is 0. The molecule has 2 amide bonds. The number of aromatic nitrogens is 1. The number of aliphatic hydroxyl groups excluding tert-OH is 14. The molecule has 0 aromatic carbocycles. The van der Waals surface area contributed by atoms with Crippen molar-refractivity contribution in [2.24, 2.45) is 0 Å². The van der Waals surface area contributed by atoms with Crippen molar-refractivity contribution in [3.8, 4) is 0 Å². The van der Waals surface area contributed by atoms with Crippen LogP contribution >= 0.6 is 0 Å². The van der Waals surface area contributed by atoms with Crippen molar-refractivity contribution < 1.29 is 129 Å². The number of ether oxygens (including phenoxy) is 6. The van der Waals surface area contributed by atoms with Gasteiger partial charge in [-0.3, -0.25) is 9.59 Å². The van der Waals surface area contributed by atoms with Gasteiger partial charge in [0.05, 0.1) is 56.8 Å². The van der Waals surface area contributed by atoms with Crippen LogP contribution in [0.4, 0.5) is 5.82 Å². The van der Waals surface area contributed by atoms with E-state index in [0.717, 1.165) is 13.8 Å². The van der Waals surface area contributed by atoms with Crippen LogP contribution in [-0.2, 0) is 47.6 Å². The number of carbonyl (C=O) groups is 4. The van der Waals surface area contributed by atoms with Crippen molar-refractivity contribution in [1.82, 2.24) is 15.6 Å². The second-order valence-electron chi connectivity index (χ2n) is 16.6. The number of aliphatic carboxylic acids is 2. The first kappa shape index (κ1) is 57.6. The minimum absolute atomic E-state index is 0.251. The maximum Gasteiger partial charge on any atom is 0.364 e. The highest BCUT2D eigenvalue weighted by molar-refractivity contribution is 5.77. The van der Waals surface area contributed by atoms with Gasteiger partial charge in [0.2, 0.25) is 11.8 Å². The highest BCUT2D eigenvalue weighted by Gasteiger charge is 2.62. The summed E-state index contributed by atoms with van der Waals surface area (Å²) in [6, 6.07) is 1.12. The number of hydrogen-bond acceptors (Lipinski definition) is 26. The monoisotopic (exact) mass is 1000 g/mol. The van der Waals surface area contributed by atoms with Gasteiger partial charge in [-0.1, -0.05) is 6.07 Å². The smallest absolute Gasteiger partial charge is 0.364 e. The third kappa shape index (κ3) is 13.5. The van der Waals surface area contributed by atoms with Crippen LogP contribution in [0.2, 0.25) is 0 Å². The fraction of sp³-hybridized carbons (Fsp3) is 0.769. The van der Waals surface area contributed by atoms with Gasteiger partial charge < -0.3 is 126 Å². The Labute approximate surface area is 391 Å². The lowest BCUT2D eigenvalue weighted by atomic mass is 9.87. The molecule has 0 spiro atoms. The van der Waals surface area contributed by atoms with Gasteiger partial charge >= 0.3 is 11.9 Å². The van der Waals surface area contributed by atoms with E-state index in [1.165, 1.54) is 12.3 Å². The Hall–Kier alpha value is -3.97. The number of amides is 2. The molecule has 0 bridgehead atoms. The van der Waals surface area contributed by atoms with Gasteiger partial charge in [0, 0.05) is 39.4 Å². The normalized spacial score (nSPS) is 35.3. The second-order valence-corrected chi connectivity index (χ2v) is 16.6. The molecular weight excluding hydrogens is 940 g/mol. The van der Waals surface area contributed by atoms with Crippen LogP contribution in [-0.4, -0.2) is 271 Å². The van der Waals surface area contributed by atoms with E-state index in [1.807, 2.05) is 0 Å². The molecule has 4 heterocycles. The van der Waals surface area contributed by atoms with E-state index in [2.05, 4.69) is 20.9 Å². The molecule has 3 aliphatic rings. The minimum atomic E-state index is -3.37. The number of carboxylic acids is 2. The van der Waals surface area contributed by atoms with Gasteiger partial charge in [-0.05, 0) is 12.1 Å². The number of anilines is 1.